The number of hydrogen-bond donors (Lipinski definition) is 1. The summed E-state index contributed by atoms with van der Waals surface area (Å²) in [5, 5.41) is 0. The second-order valence-electron chi connectivity index (χ2n) is 5.64. The molecule has 0 aliphatic carbocycles. The molecule has 2 rings (SSSR count). The SMILES string of the molecule is CN(C)C(=O)c1cccc(S(=O)(=O)NCCCSc2ccccc2)c1. The average molecular weight is 379 g/mol. The Morgan fingerprint density at radius 2 is 1.80 bits per heavy atom. The molecule has 0 fully saturated rings. The molecule has 2 aromatic carbocycles. The maximum Gasteiger partial charge on any atom is 0.253 e. The molecule has 134 valence electrons. The third-order valence-electron chi connectivity index (χ3n) is 3.42. The van der Waals surface area contributed by atoms with Crippen molar-refractivity contribution in [3.05, 3.63) is 60.2 Å². The fourth-order valence-electron chi connectivity index (χ4n) is 2.12. The standard InChI is InChI=1S/C18H22N2O3S2/c1-20(2)18(21)15-8-6-11-17(14-15)25(22,23)19-12-7-13-24-16-9-4-3-5-10-16/h3-6,8-11,14,19H,7,12-13H2,1-2H3. The topological polar surface area (TPSA) is 66.5 Å². The van der Waals surface area contributed by atoms with Crippen LogP contribution in [0, 0.1) is 0 Å². The highest BCUT2D eigenvalue weighted by molar-refractivity contribution is 7.99. The van der Waals surface area contributed by atoms with E-state index in [2.05, 4.69) is 4.72 Å². The van der Waals surface area contributed by atoms with Crippen molar-refractivity contribution in [2.24, 2.45) is 0 Å². The number of benzene rings is 2. The Kier molecular flexibility index (Phi) is 7.04. The van der Waals surface area contributed by atoms with Crippen LogP contribution >= 0.6 is 11.8 Å². The molecule has 0 aromatic heterocycles. The summed E-state index contributed by atoms with van der Waals surface area (Å²) in [6, 6.07) is 16.1. The first-order valence-corrected chi connectivity index (χ1v) is 10.4. The van der Waals surface area contributed by atoms with Gasteiger partial charge in [-0.25, -0.2) is 13.1 Å². The van der Waals surface area contributed by atoms with Gasteiger partial charge in [-0.05, 0) is 42.5 Å². The molecule has 5 nitrogen and oxygen atoms in total. The molecule has 0 unspecified atom stereocenters. The molecule has 0 aliphatic rings. The van der Waals surface area contributed by atoms with Crippen LogP contribution in [0.2, 0.25) is 0 Å². The number of nitrogens with one attached hydrogen (secondary N) is 1. The van der Waals surface area contributed by atoms with E-state index < -0.39 is 10.0 Å². The summed E-state index contributed by atoms with van der Waals surface area (Å²) in [5.74, 6) is 0.599. The fourth-order valence-corrected chi connectivity index (χ4v) is 4.12. The lowest BCUT2D eigenvalue weighted by molar-refractivity contribution is 0.0827. The number of nitrogens with zero attached hydrogens (tertiary/aromatic N) is 1. The fraction of sp³-hybridized carbons (Fsp3) is 0.278. The Labute approximate surface area is 153 Å². The first kappa shape index (κ1) is 19.5. The molecule has 0 saturated carbocycles. The molecular weight excluding hydrogens is 356 g/mol. The number of hydrogen-bond acceptors (Lipinski definition) is 4. The highest BCUT2D eigenvalue weighted by Gasteiger charge is 2.16. The minimum Gasteiger partial charge on any atom is -0.345 e. The van der Waals surface area contributed by atoms with E-state index >= 15 is 0 Å². The van der Waals surface area contributed by atoms with E-state index in [1.807, 2.05) is 30.3 Å². The van der Waals surface area contributed by atoms with Crippen molar-refractivity contribution in [2.45, 2.75) is 16.2 Å². The zero-order valence-corrected chi connectivity index (χ0v) is 15.9. The zero-order valence-electron chi connectivity index (χ0n) is 14.3. The third kappa shape index (κ3) is 5.88. The van der Waals surface area contributed by atoms with Gasteiger partial charge in [0.25, 0.3) is 5.91 Å². The Hall–Kier alpha value is -1.83. The minimum atomic E-state index is -3.62. The molecule has 0 bridgehead atoms. The van der Waals surface area contributed by atoms with Gasteiger partial charge in [0.1, 0.15) is 0 Å². The van der Waals surface area contributed by atoms with Crippen LogP contribution in [0.3, 0.4) is 0 Å². The van der Waals surface area contributed by atoms with Gasteiger partial charge < -0.3 is 4.90 Å². The van der Waals surface area contributed by atoms with Crippen molar-refractivity contribution in [2.75, 3.05) is 26.4 Å². The van der Waals surface area contributed by atoms with Crippen LogP contribution in [0.5, 0.6) is 0 Å². The first-order chi connectivity index (χ1) is 11.9. The van der Waals surface area contributed by atoms with Gasteiger partial charge in [-0.3, -0.25) is 4.79 Å². The molecule has 0 spiro atoms. The lowest BCUT2D eigenvalue weighted by Crippen LogP contribution is -2.26. The third-order valence-corrected chi connectivity index (χ3v) is 5.98. The Morgan fingerprint density at radius 3 is 2.48 bits per heavy atom. The molecule has 0 atom stereocenters. The van der Waals surface area contributed by atoms with Crippen LogP contribution in [-0.4, -0.2) is 45.6 Å². The number of rotatable bonds is 8. The van der Waals surface area contributed by atoms with E-state index in [0.717, 1.165) is 12.2 Å². The van der Waals surface area contributed by atoms with E-state index in [-0.39, 0.29) is 10.8 Å². The molecular formula is C18H22N2O3S2. The largest absolute Gasteiger partial charge is 0.345 e. The van der Waals surface area contributed by atoms with E-state index in [0.29, 0.717) is 12.1 Å². The quantitative estimate of drug-likeness (QED) is 0.567. The van der Waals surface area contributed by atoms with Gasteiger partial charge in [0, 0.05) is 31.1 Å². The Balaban J connectivity index is 1.89. The smallest absolute Gasteiger partial charge is 0.253 e. The number of carbonyl (C=O) groups is 1. The van der Waals surface area contributed by atoms with Crippen molar-refractivity contribution in [3.63, 3.8) is 0 Å². The second-order valence-corrected chi connectivity index (χ2v) is 8.58. The van der Waals surface area contributed by atoms with Crippen molar-refractivity contribution < 1.29 is 13.2 Å². The van der Waals surface area contributed by atoms with Crippen LogP contribution in [-0.2, 0) is 10.0 Å². The van der Waals surface area contributed by atoms with Gasteiger partial charge in [-0.2, -0.15) is 0 Å². The Morgan fingerprint density at radius 1 is 1.08 bits per heavy atom. The number of thioether (sulfide) groups is 1. The molecule has 0 heterocycles. The predicted molar refractivity (Wildman–Crippen MR) is 101 cm³/mol. The lowest BCUT2D eigenvalue weighted by atomic mass is 10.2. The number of amides is 1. The van der Waals surface area contributed by atoms with Crippen LogP contribution in [0.1, 0.15) is 16.8 Å². The van der Waals surface area contributed by atoms with Crippen molar-refractivity contribution in [1.29, 1.82) is 0 Å². The van der Waals surface area contributed by atoms with E-state index in [1.54, 1.807) is 38.0 Å². The van der Waals surface area contributed by atoms with Crippen LogP contribution in [0.4, 0.5) is 0 Å². The maximum absolute atomic E-state index is 12.4. The van der Waals surface area contributed by atoms with E-state index in [1.165, 1.54) is 21.9 Å². The monoisotopic (exact) mass is 378 g/mol. The summed E-state index contributed by atoms with van der Waals surface area (Å²) in [6.07, 6.45) is 0.717. The summed E-state index contributed by atoms with van der Waals surface area (Å²) in [5.41, 5.74) is 0.354. The van der Waals surface area contributed by atoms with Crippen molar-refractivity contribution >= 4 is 27.7 Å². The van der Waals surface area contributed by atoms with Crippen LogP contribution in [0.15, 0.2) is 64.4 Å². The van der Waals surface area contributed by atoms with Gasteiger partial charge >= 0.3 is 0 Å². The molecule has 2 aromatic rings. The molecule has 1 N–H and O–H groups in total. The molecule has 0 radical (unpaired) electrons. The van der Waals surface area contributed by atoms with E-state index in [9.17, 15) is 13.2 Å². The van der Waals surface area contributed by atoms with Gasteiger partial charge in [-0.15, -0.1) is 11.8 Å². The average Bonchev–Trinajstić information content (AvgIpc) is 2.61. The summed E-state index contributed by atoms with van der Waals surface area (Å²) >= 11 is 1.69. The van der Waals surface area contributed by atoms with Gasteiger partial charge in [0.2, 0.25) is 10.0 Å². The molecule has 1 amide bonds. The van der Waals surface area contributed by atoms with Crippen molar-refractivity contribution in [3.8, 4) is 0 Å². The van der Waals surface area contributed by atoms with Crippen molar-refractivity contribution in [1.82, 2.24) is 9.62 Å². The maximum atomic E-state index is 12.4. The normalized spacial score (nSPS) is 11.3. The summed E-state index contributed by atoms with van der Waals surface area (Å²) in [7, 11) is -0.355. The second kappa shape index (κ2) is 9.03. The number of sulfonamides is 1. The highest BCUT2D eigenvalue weighted by atomic mass is 32.2. The molecule has 7 heteroatoms. The predicted octanol–water partition coefficient (Wildman–Crippen LogP) is 2.85. The summed E-state index contributed by atoms with van der Waals surface area (Å²) in [6.45, 7) is 0.355. The first-order valence-electron chi connectivity index (χ1n) is 7.89. The van der Waals surface area contributed by atoms with Gasteiger partial charge in [0.15, 0.2) is 0 Å². The Bertz CT molecular complexity index is 806. The molecule has 25 heavy (non-hydrogen) atoms. The van der Waals surface area contributed by atoms with Crippen LogP contribution < -0.4 is 4.72 Å². The van der Waals surface area contributed by atoms with Crippen LogP contribution in [0.25, 0.3) is 0 Å². The summed E-state index contributed by atoms with van der Waals surface area (Å²) in [4.78, 5) is 14.7. The highest BCUT2D eigenvalue weighted by Crippen LogP contribution is 2.18. The van der Waals surface area contributed by atoms with Gasteiger partial charge in [-0.1, -0.05) is 24.3 Å². The molecule has 0 aliphatic heterocycles. The van der Waals surface area contributed by atoms with E-state index in [4.69, 9.17) is 0 Å². The molecule has 0 saturated heterocycles. The number of carbonyl (C=O) groups excluding carboxylic acids is 1. The summed E-state index contributed by atoms with van der Waals surface area (Å²) < 4.78 is 27.3. The van der Waals surface area contributed by atoms with Gasteiger partial charge in [0.05, 0.1) is 4.90 Å². The minimum absolute atomic E-state index is 0.107. The lowest BCUT2D eigenvalue weighted by Gasteiger charge is -2.12. The zero-order chi connectivity index (χ0) is 18.3.